The van der Waals surface area contributed by atoms with Gasteiger partial charge < -0.3 is 9.73 Å². The third-order valence-electron chi connectivity index (χ3n) is 2.88. The Balaban J connectivity index is 2.54. The smallest absolute Gasteiger partial charge is 0.134 e. The van der Waals surface area contributed by atoms with Crippen molar-refractivity contribution in [3.63, 3.8) is 0 Å². The van der Waals surface area contributed by atoms with Gasteiger partial charge in [-0.15, -0.1) is 0 Å². The van der Waals surface area contributed by atoms with Gasteiger partial charge in [0.15, 0.2) is 0 Å². The maximum Gasteiger partial charge on any atom is 0.134 e. The van der Waals surface area contributed by atoms with E-state index in [4.69, 9.17) is 4.42 Å². The molecule has 0 aliphatic heterocycles. The molecule has 92 valence electrons. The van der Waals surface area contributed by atoms with Crippen LogP contribution in [0.25, 0.3) is 11.0 Å². The molecule has 0 amide bonds. The Morgan fingerprint density at radius 3 is 2.76 bits per heavy atom. The minimum Gasteiger partial charge on any atom is -0.459 e. The second-order valence-corrected chi connectivity index (χ2v) is 4.51. The summed E-state index contributed by atoms with van der Waals surface area (Å²) in [5, 5.41) is 4.14. The van der Waals surface area contributed by atoms with Crippen LogP contribution >= 0.6 is 0 Å². The Hall–Kier alpha value is -1.35. The fourth-order valence-electron chi connectivity index (χ4n) is 2.14. The normalized spacial score (nSPS) is 11.6. The number of benzene rings is 1. The second kappa shape index (κ2) is 4.88. The van der Waals surface area contributed by atoms with E-state index in [1.807, 2.05) is 0 Å². The Morgan fingerprint density at radius 1 is 1.35 bits per heavy atom. The van der Waals surface area contributed by atoms with Crippen LogP contribution in [0.2, 0.25) is 0 Å². The largest absolute Gasteiger partial charge is 0.459 e. The van der Waals surface area contributed by atoms with E-state index in [2.05, 4.69) is 26.1 Å². The molecule has 0 fully saturated rings. The summed E-state index contributed by atoms with van der Waals surface area (Å²) in [6, 6.07) is 4.70. The average Bonchev–Trinajstić information content (AvgIpc) is 2.63. The molecule has 0 spiro atoms. The summed E-state index contributed by atoms with van der Waals surface area (Å²) in [6.45, 7) is 7.84. The first kappa shape index (κ1) is 12.1. The Labute approximate surface area is 101 Å². The van der Waals surface area contributed by atoms with Gasteiger partial charge in [0.25, 0.3) is 0 Å². The quantitative estimate of drug-likeness (QED) is 0.871. The molecule has 0 aliphatic rings. The van der Waals surface area contributed by atoms with Gasteiger partial charge in [-0.05, 0) is 30.7 Å². The summed E-state index contributed by atoms with van der Waals surface area (Å²) >= 11 is 0. The van der Waals surface area contributed by atoms with Crippen LogP contribution in [0, 0.1) is 5.82 Å². The van der Waals surface area contributed by atoms with Crippen LogP contribution in [0.5, 0.6) is 0 Å². The summed E-state index contributed by atoms with van der Waals surface area (Å²) in [7, 11) is 0. The van der Waals surface area contributed by atoms with Crippen LogP contribution in [0.15, 0.2) is 22.6 Å². The zero-order valence-electron chi connectivity index (χ0n) is 10.5. The minimum atomic E-state index is -0.213. The first-order valence-corrected chi connectivity index (χ1v) is 6.05. The summed E-state index contributed by atoms with van der Waals surface area (Å²) < 4.78 is 19.1. The van der Waals surface area contributed by atoms with Gasteiger partial charge in [0.1, 0.15) is 17.2 Å². The van der Waals surface area contributed by atoms with Crippen LogP contribution in [0.4, 0.5) is 4.39 Å². The van der Waals surface area contributed by atoms with Crippen LogP contribution in [-0.2, 0) is 6.54 Å². The SMILES string of the molecule is CCNCc1oc2ccc(F)cc2c1C(C)C. The lowest BCUT2D eigenvalue weighted by atomic mass is 9.99. The highest BCUT2D eigenvalue weighted by atomic mass is 19.1. The van der Waals surface area contributed by atoms with E-state index in [1.165, 1.54) is 6.07 Å². The number of rotatable bonds is 4. The van der Waals surface area contributed by atoms with Crippen molar-refractivity contribution in [2.24, 2.45) is 0 Å². The molecule has 1 N–H and O–H groups in total. The van der Waals surface area contributed by atoms with Gasteiger partial charge in [0, 0.05) is 10.9 Å². The lowest BCUT2D eigenvalue weighted by Gasteiger charge is -2.06. The predicted molar refractivity (Wildman–Crippen MR) is 67.6 cm³/mol. The zero-order valence-corrected chi connectivity index (χ0v) is 10.5. The number of furan rings is 1. The van der Waals surface area contributed by atoms with Crippen LogP contribution in [-0.4, -0.2) is 6.54 Å². The highest BCUT2D eigenvalue weighted by molar-refractivity contribution is 5.82. The number of hydrogen-bond donors (Lipinski definition) is 1. The van der Waals surface area contributed by atoms with Crippen molar-refractivity contribution in [3.05, 3.63) is 35.3 Å². The Kier molecular flexibility index (Phi) is 3.48. The van der Waals surface area contributed by atoms with E-state index in [9.17, 15) is 4.39 Å². The van der Waals surface area contributed by atoms with E-state index in [1.54, 1.807) is 12.1 Å². The monoisotopic (exact) mass is 235 g/mol. The molecule has 1 aromatic heterocycles. The molecule has 17 heavy (non-hydrogen) atoms. The molecule has 2 rings (SSSR count). The molecule has 0 unspecified atom stereocenters. The number of fused-ring (bicyclic) bond motifs is 1. The summed E-state index contributed by atoms with van der Waals surface area (Å²) in [5.74, 6) is 1.03. The summed E-state index contributed by atoms with van der Waals surface area (Å²) in [6.07, 6.45) is 0. The van der Waals surface area contributed by atoms with Crippen LogP contribution in [0.1, 0.15) is 38.0 Å². The second-order valence-electron chi connectivity index (χ2n) is 4.51. The van der Waals surface area contributed by atoms with Gasteiger partial charge in [-0.25, -0.2) is 4.39 Å². The van der Waals surface area contributed by atoms with E-state index in [-0.39, 0.29) is 5.82 Å². The van der Waals surface area contributed by atoms with Gasteiger partial charge in [-0.1, -0.05) is 20.8 Å². The summed E-state index contributed by atoms with van der Waals surface area (Å²) in [5.41, 5.74) is 1.88. The average molecular weight is 235 g/mol. The zero-order chi connectivity index (χ0) is 12.4. The molecule has 0 radical (unpaired) electrons. The Morgan fingerprint density at radius 2 is 2.12 bits per heavy atom. The topological polar surface area (TPSA) is 25.2 Å². The van der Waals surface area contributed by atoms with Crippen molar-refractivity contribution in [2.75, 3.05) is 6.54 Å². The van der Waals surface area contributed by atoms with Crippen molar-refractivity contribution < 1.29 is 8.81 Å². The van der Waals surface area contributed by atoms with Crippen molar-refractivity contribution in [1.29, 1.82) is 0 Å². The highest BCUT2D eigenvalue weighted by Crippen LogP contribution is 2.32. The molecule has 0 saturated heterocycles. The van der Waals surface area contributed by atoms with E-state index >= 15 is 0 Å². The third-order valence-corrected chi connectivity index (χ3v) is 2.88. The van der Waals surface area contributed by atoms with Crippen LogP contribution < -0.4 is 5.32 Å². The van der Waals surface area contributed by atoms with Crippen molar-refractivity contribution in [2.45, 2.75) is 33.2 Å². The standard InChI is InChI=1S/C14H18FNO/c1-4-16-8-13-14(9(2)3)11-7-10(15)5-6-12(11)17-13/h5-7,9,16H,4,8H2,1-3H3. The molecule has 0 bridgehead atoms. The van der Waals surface area contributed by atoms with Crippen molar-refractivity contribution >= 4 is 11.0 Å². The van der Waals surface area contributed by atoms with E-state index < -0.39 is 0 Å². The molecule has 0 saturated carbocycles. The fraction of sp³-hybridized carbons (Fsp3) is 0.429. The summed E-state index contributed by atoms with van der Waals surface area (Å²) in [4.78, 5) is 0. The molecule has 2 aromatic rings. The Bertz CT molecular complexity index is 516. The molecule has 1 aromatic carbocycles. The van der Waals surface area contributed by atoms with Gasteiger partial charge in [0.2, 0.25) is 0 Å². The van der Waals surface area contributed by atoms with Gasteiger partial charge in [0.05, 0.1) is 6.54 Å². The molecule has 0 aliphatic carbocycles. The molecule has 0 atom stereocenters. The third kappa shape index (κ3) is 2.34. The first-order chi connectivity index (χ1) is 8.13. The van der Waals surface area contributed by atoms with Crippen molar-refractivity contribution in [1.82, 2.24) is 5.32 Å². The number of hydrogen-bond acceptors (Lipinski definition) is 2. The van der Waals surface area contributed by atoms with Gasteiger partial charge in [-0.2, -0.15) is 0 Å². The molecule has 3 heteroatoms. The predicted octanol–water partition coefficient (Wildman–Crippen LogP) is 3.80. The highest BCUT2D eigenvalue weighted by Gasteiger charge is 2.16. The van der Waals surface area contributed by atoms with Gasteiger partial charge >= 0.3 is 0 Å². The van der Waals surface area contributed by atoms with Gasteiger partial charge in [-0.3, -0.25) is 0 Å². The maximum atomic E-state index is 13.3. The first-order valence-electron chi connectivity index (χ1n) is 6.05. The lowest BCUT2D eigenvalue weighted by molar-refractivity contribution is 0.510. The number of nitrogens with one attached hydrogen (secondary N) is 1. The lowest BCUT2D eigenvalue weighted by Crippen LogP contribution is -2.12. The molecular formula is C14H18FNO. The maximum absolute atomic E-state index is 13.3. The molecular weight excluding hydrogens is 217 g/mol. The van der Waals surface area contributed by atoms with Crippen LogP contribution in [0.3, 0.4) is 0 Å². The van der Waals surface area contributed by atoms with E-state index in [0.717, 1.165) is 28.8 Å². The number of halogens is 1. The van der Waals surface area contributed by atoms with E-state index in [0.29, 0.717) is 12.5 Å². The van der Waals surface area contributed by atoms with Crippen molar-refractivity contribution in [3.8, 4) is 0 Å². The molecule has 1 heterocycles. The minimum absolute atomic E-state index is 0.213. The molecule has 2 nitrogen and oxygen atoms in total. The fourth-order valence-corrected chi connectivity index (χ4v) is 2.14.